The van der Waals surface area contributed by atoms with Gasteiger partial charge in [0.25, 0.3) is 0 Å². The number of fused-ring (bicyclic) bond motifs is 1. The van der Waals surface area contributed by atoms with Crippen molar-refractivity contribution in [1.82, 2.24) is 14.5 Å². The number of benzene rings is 1. The molecule has 0 unspecified atom stereocenters. The van der Waals surface area contributed by atoms with Gasteiger partial charge in [-0.05, 0) is 35.2 Å². The zero-order valence-electron chi connectivity index (χ0n) is 15.4. The van der Waals surface area contributed by atoms with Crippen LogP contribution in [0, 0.1) is 0 Å². The summed E-state index contributed by atoms with van der Waals surface area (Å²) in [5.74, 6) is 2.23. The van der Waals surface area contributed by atoms with Crippen LogP contribution in [0.15, 0.2) is 47.3 Å². The van der Waals surface area contributed by atoms with Crippen LogP contribution in [0.5, 0.6) is 11.5 Å². The quantitative estimate of drug-likeness (QED) is 0.541. The van der Waals surface area contributed by atoms with E-state index < -0.39 is 0 Å². The van der Waals surface area contributed by atoms with Crippen LogP contribution in [-0.4, -0.2) is 35.8 Å². The average Bonchev–Trinajstić information content (AvgIpc) is 3.36. The Bertz CT molecular complexity index is 1070. The highest BCUT2D eigenvalue weighted by Gasteiger charge is 2.14. The number of hydrogen-bond acceptors (Lipinski definition) is 6. The maximum atomic E-state index is 5.43. The Labute approximate surface area is 161 Å². The number of rotatable bonds is 6. The Hall–Kier alpha value is -3.06. The SMILES string of the molecule is CNc1nc2cnc(-c3ccsc3)cc2n1Cc1ccc(OC)c(OC)c1. The fourth-order valence-electron chi connectivity index (χ4n) is 3.11. The minimum absolute atomic E-state index is 0.653. The van der Waals surface area contributed by atoms with Crippen molar-refractivity contribution in [3.05, 3.63) is 52.9 Å². The van der Waals surface area contributed by atoms with E-state index in [2.05, 4.69) is 42.7 Å². The van der Waals surface area contributed by atoms with Gasteiger partial charge in [-0.15, -0.1) is 0 Å². The Morgan fingerprint density at radius 2 is 1.96 bits per heavy atom. The van der Waals surface area contributed by atoms with Crippen LogP contribution in [0.1, 0.15) is 5.56 Å². The summed E-state index contributed by atoms with van der Waals surface area (Å²) in [5.41, 5.74) is 5.05. The molecule has 0 radical (unpaired) electrons. The molecule has 0 amide bonds. The molecule has 0 fully saturated rings. The zero-order chi connectivity index (χ0) is 18.8. The average molecular weight is 380 g/mol. The molecule has 0 spiro atoms. The molecule has 1 aromatic carbocycles. The monoisotopic (exact) mass is 380 g/mol. The third-order valence-electron chi connectivity index (χ3n) is 4.46. The number of thiophene rings is 1. The van der Waals surface area contributed by atoms with Gasteiger partial charge in [-0.3, -0.25) is 4.98 Å². The van der Waals surface area contributed by atoms with Gasteiger partial charge in [0.15, 0.2) is 11.5 Å². The number of aromatic nitrogens is 3. The molecule has 3 heterocycles. The number of pyridine rings is 1. The minimum Gasteiger partial charge on any atom is -0.493 e. The van der Waals surface area contributed by atoms with Crippen molar-refractivity contribution >= 4 is 28.3 Å². The lowest BCUT2D eigenvalue weighted by Gasteiger charge is -2.12. The van der Waals surface area contributed by atoms with E-state index in [1.165, 1.54) is 0 Å². The topological polar surface area (TPSA) is 61.2 Å². The Morgan fingerprint density at radius 1 is 1.11 bits per heavy atom. The van der Waals surface area contributed by atoms with Crippen molar-refractivity contribution in [2.45, 2.75) is 6.54 Å². The second-order valence-electron chi connectivity index (χ2n) is 6.03. The van der Waals surface area contributed by atoms with Crippen LogP contribution in [0.4, 0.5) is 5.95 Å². The lowest BCUT2D eigenvalue weighted by atomic mass is 10.2. The third-order valence-corrected chi connectivity index (χ3v) is 5.15. The second kappa shape index (κ2) is 7.28. The normalized spacial score (nSPS) is 10.9. The molecule has 0 aliphatic heterocycles. The maximum absolute atomic E-state index is 5.43. The van der Waals surface area contributed by atoms with Crippen molar-refractivity contribution in [3.8, 4) is 22.8 Å². The molecule has 138 valence electrons. The zero-order valence-corrected chi connectivity index (χ0v) is 16.2. The van der Waals surface area contributed by atoms with Gasteiger partial charge in [-0.2, -0.15) is 11.3 Å². The Morgan fingerprint density at radius 3 is 2.67 bits per heavy atom. The van der Waals surface area contributed by atoms with E-state index in [1.807, 2.05) is 31.4 Å². The van der Waals surface area contributed by atoms with E-state index in [0.717, 1.165) is 39.6 Å². The molecule has 4 rings (SSSR count). The predicted octanol–water partition coefficient (Wildman–Crippen LogP) is 4.27. The molecule has 0 saturated carbocycles. The summed E-state index contributed by atoms with van der Waals surface area (Å²) in [5, 5.41) is 7.34. The lowest BCUT2D eigenvalue weighted by Crippen LogP contribution is -2.05. The molecule has 7 heteroatoms. The van der Waals surface area contributed by atoms with Crippen LogP contribution in [0.25, 0.3) is 22.3 Å². The number of nitrogens with one attached hydrogen (secondary N) is 1. The fourth-order valence-corrected chi connectivity index (χ4v) is 3.76. The molecule has 27 heavy (non-hydrogen) atoms. The molecular weight excluding hydrogens is 360 g/mol. The molecule has 4 aromatic rings. The molecule has 6 nitrogen and oxygen atoms in total. The van der Waals surface area contributed by atoms with Crippen LogP contribution < -0.4 is 14.8 Å². The predicted molar refractivity (Wildman–Crippen MR) is 109 cm³/mol. The van der Waals surface area contributed by atoms with E-state index in [-0.39, 0.29) is 0 Å². The molecule has 3 aromatic heterocycles. The number of ether oxygens (including phenoxy) is 2. The third kappa shape index (κ3) is 3.21. The van der Waals surface area contributed by atoms with Crippen molar-refractivity contribution in [3.63, 3.8) is 0 Å². The number of nitrogens with zero attached hydrogens (tertiary/aromatic N) is 3. The summed E-state index contributed by atoms with van der Waals surface area (Å²) in [4.78, 5) is 9.22. The van der Waals surface area contributed by atoms with Crippen LogP contribution in [0.3, 0.4) is 0 Å². The van der Waals surface area contributed by atoms with Gasteiger partial charge in [-0.25, -0.2) is 4.98 Å². The molecule has 0 saturated heterocycles. The largest absolute Gasteiger partial charge is 0.493 e. The Balaban J connectivity index is 1.79. The Kier molecular flexibility index (Phi) is 4.68. The van der Waals surface area contributed by atoms with Crippen molar-refractivity contribution < 1.29 is 9.47 Å². The standard InChI is InChI=1S/C20H20N4O2S/c1-21-20-23-16-10-22-15(14-6-7-27-12-14)9-17(16)24(20)11-13-4-5-18(25-2)19(8-13)26-3/h4-10,12H,11H2,1-3H3,(H,21,23). The van der Waals surface area contributed by atoms with Crippen molar-refractivity contribution in [2.75, 3.05) is 26.6 Å². The minimum atomic E-state index is 0.653. The molecule has 0 aliphatic carbocycles. The molecule has 0 atom stereocenters. The highest BCUT2D eigenvalue weighted by molar-refractivity contribution is 7.08. The van der Waals surface area contributed by atoms with E-state index in [4.69, 9.17) is 9.47 Å². The summed E-state index contributed by atoms with van der Waals surface area (Å²) < 4.78 is 12.9. The summed E-state index contributed by atoms with van der Waals surface area (Å²) >= 11 is 1.66. The summed E-state index contributed by atoms with van der Waals surface area (Å²) in [6, 6.07) is 10.1. The first-order valence-corrected chi connectivity index (χ1v) is 9.45. The van der Waals surface area contributed by atoms with Gasteiger partial charge in [0.1, 0.15) is 5.52 Å². The summed E-state index contributed by atoms with van der Waals surface area (Å²) in [6.45, 7) is 0.653. The van der Waals surface area contributed by atoms with Crippen LogP contribution >= 0.6 is 11.3 Å². The van der Waals surface area contributed by atoms with E-state index in [0.29, 0.717) is 12.3 Å². The maximum Gasteiger partial charge on any atom is 0.203 e. The summed E-state index contributed by atoms with van der Waals surface area (Å²) in [6.07, 6.45) is 1.83. The van der Waals surface area contributed by atoms with E-state index >= 15 is 0 Å². The van der Waals surface area contributed by atoms with Gasteiger partial charge in [-0.1, -0.05) is 6.07 Å². The van der Waals surface area contributed by atoms with E-state index in [1.54, 1.807) is 25.6 Å². The van der Waals surface area contributed by atoms with Gasteiger partial charge >= 0.3 is 0 Å². The lowest BCUT2D eigenvalue weighted by molar-refractivity contribution is 0.354. The van der Waals surface area contributed by atoms with E-state index in [9.17, 15) is 0 Å². The van der Waals surface area contributed by atoms with Gasteiger partial charge in [0.2, 0.25) is 5.95 Å². The van der Waals surface area contributed by atoms with Gasteiger partial charge < -0.3 is 19.4 Å². The highest BCUT2D eigenvalue weighted by Crippen LogP contribution is 2.30. The van der Waals surface area contributed by atoms with Crippen molar-refractivity contribution in [2.24, 2.45) is 0 Å². The number of imidazole rings is 1. The number of hydrogen-bond donors (Lipinski definition) is 1. The highest BCUT2D eigenvalue weighted by atomic mass is 32.1. The molecule has 0 aliphatic rings. The molecule has 0 bridgehead atoms. The molecule has 1 N–H and O–H groups in total. The number of methoxy groups -OCH3 is 2. The first-order chi connectivity index (χ1) is 13.2. The van der Waals surface area contributed by atoms with Gasteiger partial charge in [0, 0.05) is 18.0 Å². The first-order valence-electron chi connectivity index (χ1n) is 8.51. The second-order valence-corrected chi connectivity index (χ2v) is 6.81. The van der Waals surface area contributed by atoms with Crippen molar-refractivity contribution in [1.29, 1.82) is 0 Å². The van der Waals surface area contributed by atoms with Crippen LogP contribution in [-0.2, 0) is 6.54 Å². The fraction of sp³-hybridized carbons (Fsp3) is 0.200. The number of anilines is 1. The smallest absolute Gasteiger partial charge is 0.203 e. The molecular formula is C20H20N4O2S. The van der Waals surface area contributed by atoms with Gasteiger partial charge in [0.05, 0.1) is 38.2 Å². The van der Waals surface area contributed by atoms with Crippen LogP contribution in [0.2, 0.25) is 0 Å². The summed E-state index contributed by atoms with van der Waals surface area (Å²) in [7, 11) is 5.16. The first kappa shape index (κ1) is 17.4.